The third-order valence-electron chi connectivity index (χ3n) is 4.81. The highest BCUT2D eigenvalue weighted by Crippen LogP contribution is 2.39. The summed E-state index contributed by atoms with van der Waals surface area (Å²) in [5, 5.41) is 19.7. The summed E-state index contributed by atoms with van der Waals surface area (Å²) in [5.41, 5.74) is 1.04. The van der Waals surface area contributed by atoms with Gasteiger partial charge in [-0.3, -0.25) is 14.4 Å². The minimum atomic E-state index is -0.980. The SMILES string of the molecule is COc1ccc([C@H]2C(=C(O)c3ccccc3)C(=O)C(=O)N2CCCC(=O)O)cc1. The summed E-state index contributed by atoms with van der Waals surface area (Å²) < 4.78 is 5.16. The molecule has 1 amide bonds. The summed E-state index contributed by atoms with van der Waals surface area (Å²) >= 11 is 0. The predicted molar refractivity (Wildman–Crippen MR) is 105 cm³/mol. The summed E-state index contributed by atoms with van der Waals surface area (Å²) in [7, 11) is 1.53. The van der Waals surface area contributed by atoms with E-state index in [0.717, 1.165) is 0 Å². The van der Waals surface area contributed by atoms with Gasteiger partial charge in [-0.15, -0.1) is 0 Å². The van der Waals surface area contributed by atoms with Crippen molar-refractivity contribution in [3.05, 3.63) is 71.3 Å². The van der Waals surface area contributed by atoms with E-state index in [2.05, 4.69) is 0 Å². The molecular formula is C22H21NO6. The molecule has 1 heterocycles. The lowest BCUT2D eigenvalue weighted by Crippen LogP contribution is -2.31. The van der Waals surface area contributed by atoms with Gasteiger partial charge in [-0.1, -0.05) is 42.5 Å². The maximum absolute atomic E-state index is 12.8. The number of hydrogen-bond donors (Lipinski definition) is 2. The van der Waals surface area contributed by atoms with Crippen LogP contribution in [0.25, 0.3) is 5.76 Å². The number of carboxylic acids is 1. The standard InChI is InChI=1S/C22H21NO6/c1-29-16-11-9-14(10-12-16)19-18(20(26)15-6-3-2-4-7-15)21(27)22(28)23(19)13-5-8-17(24)25/h2-4,6-7,9-12,19,26H,5,8,13H2,1H3,(H,24,25)/t19-/m0/s1. The Morgan fingerprint density at radius 1 is 1.03 bits per heavy atom. The molecule has 2 N–H and O–H groups in total. The fourth-order valence-electron chi connectivity index (χ4n) is 3.40. The second-order valence-electron chi connectivity index (χ2n) is 6.63. The summed E-state index contributed by atoms with van der Waals surface area (Å²) in [6.45, 7) is 0.0825. The molecule has 2 aromatic rings. The Bertz CT molecular complexity index is 949. The number of amides is 1. The molecule has 0 spiro atoms. The van der Waals surface area contributed by atoms with Crippen LogP contribution in [0.15, 0.2) is 60.2 Å². The number of carboxylic acid groups (broad SMARTS) is 1. The summed E-state index contributed by atoms with van der Waals surface area (Å²) in [6.07, 6.45) is 0.0669. The first-order chi connectivity index (χ1) is 13.9. The fraction of sp³-hybridized carbons (Fsp3) is 0.227. The van der Waals surface area contributed by atoms with Crippen molar-refractivity contribution in [1.82, 2.24) is 4.90 Å². The normalized spacial score (nSPS) is 18.1. The van der Waals surface area contributed by atoms with E-state index in [1.807, 2.05) is 0 Å². The van der Waals surface area contributed by atoms with Crippen molar-refractivity contribution in [1.29, 1.82) is 0 Å². The van der Waals surface area contributed by atoms with E-state index in [1.54, 1.807) is 54.6 Å². The first-order valence-electron chi connectivity index (χ1n) is 9.13. The molecule has 1 fully saturated rings. The average molecular weight is 395 g/mol. The van der Waals surface area contributed by atoms with E-state index in [0.29, 0.717) is 16.9 Å². The number of nitrogens with zero attached hydrogens (tertiary/aromatic N) is 1. The van der Waals surface area contributed by atoms with E-state index >= 15 is 0 Å². The van der Waals surface area contributed by atoms with Crippen molar-refractivity contribution < 1.29 is 29.3 Å². The van der Waals surface area contributed by atoms with Crippen molar-refractivity contribution in [2.75, 3.05) is 13.7 Å². The summed E-state index contributed by atoms with van der Waals surface area (Å²) in [6, 6.07) is 14.6. The fourth-order valence-corrected chi connectivity index (χ4v) is 3.40. The van der Waals surface area contributed by atoms with Crippen molar-refractivity contribution in [3.63, 3.8) is 0 Å². The van der Waals surface area contributed by atoms with E-state index in [1.165, 1.54) is 12.0 Å². The Labute approximate surface area is 167 Å². The zero-order chi connectivity index (χ0) is 21.0. The van der Waals surface area contributed by atoms with E-state index in [-0.39, 0.29) is 30.7 Å². The van der Waals surface area contributed by atoms with Gasteiger partial charge in [0.1, 0.15) is 11.5 Å². The number of ketones is 1. The molecule has 1 saturated heterocycles. The second kappa shape index (κ2) is 8.60. The highest BCUT2D eigenvalue weighted by atomic mass is 16.5. The van der Waals surface area contributed by atoms with Gasteiger partial charge in [-0.2, -0.15) is 0 Å². The van der Waals surface area contributed by atoms with Crippen LogP contribution in [0.5, 0.6) is 5.75 Å². The highest BCUT2D eigenvalue weighted by molar-refractivity contribution is 6.46. The lowest BCUT2D eigenvalue weighted by atomic mass is 9.95. The molecule has 0 bridgehead atoms. The van der Waals surface area contributed by atoms with Crippen molar-refractivity contribution in [3.8, 4) is 5.75 Å². The van der Waals surface area contributed by atoms with Gasteiger partial charge < -0.3 is 19.8 Å². The number of benzene rings is 2. The molecule has 2 aromatic carbocycles. The second-order valence-corrected chi connectivity index (χ2v) is 6.63. The first kappa shape index (κ1) is 20.1. The number of aliphatic carboxylic acids is 1. The Hall–Kier alpha value is -3.61. The summed E-state index contributed by atoms with van der Waals surface area (Å²) in [5.74, 6) is -2.17. The molecule has 0 saturated carbocycles. The molecule has 1 aliphatic heterocycles. The smallest absolute Gasteiger partial charge is 0.303 e. The van der Waals surface area contributed by atoms with Crippen LogP contribution in [0.1, 0.15) is 30.0 Å². The van der Waals surface area contributed by atoms with Crippen LogP contribution in [0.2, 0.25) is 0 Å². The number of hydrogen-bond acceptors (Lipinski definition) is 5. The molecule has 0 radical (unpaired) electrons. The van der Waals surface area contributed by atoms with Crippen LogP contribution in [0.4, 0.5) is 0 Å². The minimum absolute atomic E-state index is 0.0123. The highest BCUT2D eigenvalue weighted by Gasteiger charge is 2.45. The molecule has 1 aliphatic rings. The minimum Gasteiger partial charge on any atom is -0.507 e. The average Bonchev–Trinajstić information content (AvgIpc) is 2.98. The van der Waals surface area contributed by atoms with Crippen LogP contribution >= 0.6 is 0 Å². The van der Waals surface area contributed by atoms with Gasteiger partial charge in [0.2, 0.25) is 0 Å². The number of aliphatic hydroxyl groups is 1. The molecule has 7 nitrogen and oxygen atoms in total. The van der Waals surface area contributed by atoms with Crippen LogP contribution in [-0.2, 0) is 14.4 Å². The lowest BCUT2D eigenvalue weighted by molar-refractivity contribution is -0.140. The number of aliphatic hydroxyl groups excluding tert-OH is 1. The van der Waals surface area contributed by atoms with Crippen LogP contribution in [-0.4, -0.2) is 46.4 Å². The molecule has 3 rings (SSSR count). The van der Waals surface area contributed by atoms with Gasteiger partial charge in [-0.05, 0) is 24.1 Å². The van der Waals surface area contributed by atoms with Gasteiger partial charge in [0.05, 0.1) is 18.7 Å². The molecular weight excluding hydrogens is 374 g/mol. The maximum atomic E-state index is 12.8. The molecule has 150 valence electrons. The third kappa shape index (κ3) is 4.13. The van der Waals surface area contributed by atoms with Crippen molar-refractivity contribution >= 4 is 23.4 Å². The summed E-state index contributed by atoms with van der Waals surface area (Å²) in [4.78, 5) is 37.7. The van der Waals surface area contributed by atoms with Crippen LogP contribution in [0, 0.1) is 0 Å². The van der Waals surface area contributed by atoms with E-state index < -0.39 is 23.7 Å². The molecule has 0 aromatic heterocycles. The van der Waals surface area contributed by atoms with Gasteiger partial charge >= 0.3 is 5.97 Å². The molecule has 7 heteroatoms. The Morgan fingerprint density at radius 2 is 1.69 bits per heavy atom. The zero-order valence-corrected chi connectivity index (χ0v) is 15.9. The quantitative estimate of drug-likeness (QED) is 0.424. The number of rotatable bonds is 7. The molecule has 0 aliphatic carbocycles. The largest absolute Gasteiger partial charge is 0.507 e. The number of carbonyl (C=O) groups is 3. The Balaban J connectivity index is 2.07. The topological polar surface area (TPSA) is 104 Å². The number of methoxy groups -OCH3 is 1. The maximum Gasteiger partial charge on any atom is 0.303 e. The Kier molecular flexibility index (Phi) is 5.97. The predicted octanol–water partition coefficient (Wildman–Crippen LogP) is 2.98. The Morgan fingerprint density at radius 3 is 2.28 bits per heavy atom. The van der Waals surface area contributed by atoms with Crippen molar-refractivity contribution in [2.45, 2.75) is 18.9 Å². The monoisotopic (exact) mass is 395 g/mol. The van der Waals surface area contributed by atoms with Gasteiger partial charge in [-0.25, -0.2) is 0 Å². The zero-order valence-electron chi connectivity index (χ0n) is 15.9. The van der Waals surface area contributed by atoms with Crippen molar-refractivity contribution in [2.24, 2.45) is 0 Å². The number of Topliss-reactive ketones (excluding diaryl/α,β-unsaturated/α-hetero) is 1. The van der Waals surface area contributed by atoms with Crippen LogP contribution < -0.4 is 4.74 Å². The molecule has 1 atom stereocenters. The van der Waals surface area contributed by atoms with Gasteiger partial charge in [0.25, 0.3) is 11.7 Å². The number of likely N-dealkylation sites (tertiary alicyclic amines) is 1. The van der Waals surface area contributed by atoms with Crippen LogP contribution in [0.3, 0.4) is 0 Å². The number of ether oxygens (including phenoxy) is 1. The number of carbonyl (C=O) groups excluding carboxylic acids is 2. The molecule has 29 heavy (non-hydrogen) atoms. The van der Waals surface area contributed by atoms with E-state index in [9.17, 15) is 19.5 Å². The van der Waals surface area contributed by atoms with Gasteiger partial charge in [0.15, 0.2) is 0 Å². The van der Waals surface area contributed by atoms with E-state index in [4.69, 9.17) is 9.84 Å². The third-order valence-corrected chi connectivity index (χ3v) is 4.81. The lowest BCUT2D eigenvalue weighted by Gasteiger charge is -2.25. The molecule has 0 unspecified atom stereocenters. The van der Waals surface area contributed by atoms with Gasteiger partial charge in [0, 0.05) is 18.5 Å². The first-order valence-corrected chi connectivity index (χ1v) is 9.13.